The molecule has 0 saturated carbocycles. The van der Waals surface area contributed by atoms with Gasteiger partial charge in [-0.3, -0.25) is 9.69 Å². The van der Waals surface area contributed by atoms with Crippen molar-refractivity contribution < 1.29 is 9.53 Å². The van der Waals surface area contributed by atoms with Gasteiger partial charge in [0.15, 0.2) is 0 Å². The molecule has 3 rings (SSSR count). The smallest absolute Gasteiger partial charge is 0.224 e. The topological polar surface area (TPSA) is 53.6 Å². The predicted octanol–water partition coefficient (Wildman–Crippen LogP) is 2.14. The van der Waals surface area contributed by atoms with Gasteiger partial charge in [-0.25, -0.2) is 0 Å². The van der Waals surface area contributed by atoms with Crippen LogP contribution in [0.1, 0.15) is 16.7 Å². The van der Waals surface area contributed by atoms with Gasteiger partial charge in [-0.2, -0.15) is 0 Å². The molecule has 5 heteroatoms. The second kappa shape index (κ2) is 10.1. The molecule has 2 N–H and O–H groups in total. The molecule has 1 aliphatic rings. The van der Waals surface area contributed by atoms with Crippen LogP contribution in [-0.4, -0.2) is 50.1 Å². The fraction of sp³-hybridized carbons (Fsp3) is 0.409. The summed E-state index contributed by atoms with van der Waals surface area (Å²) in [6, 6.07) is 16.1. The first-order chi connectivity index (χ1) is 13.2. The predicted molar refractivity (Wildman–Crippen MR) is 108 cm³/mol. The zero-order valence-electron chi connectivity index (χ0n) is 16.0. The monoisotopic (exact) mass is 367 g/mol. The highest BCUT2D eigenvalue weighted by atomic mass is 16.5. The van der Waals surface area contributed by atoms with E-state index in [4.69, 9.17) is 4.74 Å². The normalized spacial score (nSPS) is 14.7. The number of amides is 1. The van der Waals surface area contributed by atoms with Crippen LogP contribution >= 0.6 is 0 Å². The number of piperazine rings is 1. The molecule has 0 spiro atoms. The van der Waals surface area contributed by atoms with Crippen molar-refractivity contribution in [2.45, 2.75) is 20.0 Å². The number of nitrogens with zero attached hydrogens (tertiary/aromatic N) is 1. The number of carbonyl (C=O) groups excluding carboxylic acids is 1. The van der Waals surface area contributed by atoms with E-state index in [2.05, 4.69) is 40.7 Å². The summed E-state index contributed by atoms with van der Waals surface area (Å²) in [5.41, 5.74) is 3.34. The number of nitrogens with one attached hydrogen (secondary N) is 2. The highest BCUT2D eigenvalue weighted by Gasteiger charge is 2.10. The Labute approximate surface area is 161 Å². The molecule has 2 aromatic carbocycles. The molecule has 144 valence electrons. The molecule has 0 unspecified atom stereocenters. The largest absolute Gasteiger partial charge is 0.489 e. The Bertz CT molecular complexity index is 742. The van der Waals surface area contributed by atoms with Crippen LogP contribution in [0.15, 0.2) is 48.5 Å². The summed E-state index contributed by atoms with van der Waals surface area (Å²) in [5.74, 6) is 0.851. The minimum absolute atomic E-state index is 0.0565. The average molecular weight is 367 g/mol. The minimum Gasteiger partial charge on any atom is -0.489 e. The van der Waals surface area contributed by atoms with Crippen LogP contribution in [0.25, 0.3) is 0 Å². The Morgan fingerprint density at radius 2 is 1.89 bits per heavy atom. The highest BCUT2D eigenvalue weighted by Crippen LogP contribution is 2.16. The number of hydrogen-bond donors (Lipinski definition) is 2. The Hall–Kier alpha value is -2.37. The van der Waals surface area contributed by atoms with Gasteiger partial charge in [0.25, 0.3) is 0 Å². The molecule has 1 fully saturated rings. The average Bonchev–Trinajstić information content (AvgIpc) is 2.68. The molecule has 5 nitrogen and oxygen atoms in total. The van der Waals surface area contributed by atoms with Gasteiger partial charge in [0, 0.05) is 39.3 Å². The first-order valence-corrected chi connectivity index (χ1v) is 9.66. The van der Waals surface area contributed by atoms with Gasteiger partial charge in [-0.1, -0.05) is 42.0 Å². The quantitative estimate of drug-likeness (QED) is 0.751. The molecule has 0 atom stereocenters. The lowest BCUT2D eigenvalue weighted by Crippen LogP contribution is -2.46. The van der Waals surface area contributed by atoms with E-state index in [0.29, 0.717) is 19.6 Å². The molecule has 1 aliphatic heterocycles. The lowest BCUT2D eigenvalue weighted by Gasteiger charge is -2.27. The first-order valence-electron chi connectivity index (χ1n) is 9.66. The molecule has 0 bridgehead atoms. The van der Waals surface area contributed by atoms with Crippen molar-refractivity contribution in [2.75, 3.05) is 39.3 Å². The van der Waals surface area contributed by atoms with Crippen molar-refractivity contribution in [3.05, 3.63) is 65.2 Å². The molecule has 1 heterocycles. The Morgan fingerprint density at radius 1 is 1.11 bits per heavy atom. The van der Waals surface area contributed by atoms with Gasteiger partial charge in [0.2, 0.25) is 5.91 Å². The zero-order valence-corrected chi connectivity index (χ0v) is 16.0. The van der Waals surface area contributed by atoms with Crippen LogP contribution in [0.2, 0.25) is 0 Å². The van der Waals surface area contributed by atoms with Crippen LogP contribution < -0.4 is 15.4 Å². The van der Waals surface area contributed by atoms with Crippen molar-refractivity contribution in [3.63, 3.8) is 0 Å². The van der Waals surface area contributed by atoms with E-state index < -0.39 is 0 Å². The van der Waals surface area contributed by atoms with Gasteiger partial charge >= 0.3 is 0 Å². The van der Waals surface area contributed by atoms with E-state index in [1.807, 2.05) is 30.3 Å². The molecule has 1 saturated heterocycles. The van der Waals surface area contributed by atoms with E-state index in [0.717, 1.165) is 49.6 Å². The summed E-state index contributed by atoms with van der Waals surface area (Å²) in [5, 5.41) is 6.35. The highest BCUT2D eigenvalue weighted by molar-refractivity contribution is 5.78. The van der Waals surface area contributed by atoms with Crippen molar-refractivity contribution in [1.82, 2.24) is 15.5 Å². The van der Waals surface area contributed by atoms with E-state index >= 15 is 0 Å². The van der Waals surface area contributed by atoms with Crippen molar-refractivity contribution in [3.8, 4) is 5.75 Å². The van der Waals surface area contributed by atoms with Gasteiger partial charge in [-0.15, -0.1) is 0 Å². The third-order valence-corrected chi connectivity index (χ3v) is 4.71. The third kappa shape index (κ3) is 6.70. The second-order valence-electron chi connectivity index (χ2n) is 7.04. The number of hydrogen-bond acceptors (Lipinski definition) is 4. The summed E-state index contributed by atoms with van der Waals surface area (Å²) < 4.78 is 5.89. The summed E-state index contributed by atoms with van der Waals surface area (Å²) in [7, 11) is 0. The lowest BCUT2D eigenvalue weighted by molar-refractivity contribution is -0.120. The standard InChI is InChI=1S/C22H29N3O2/c1-18-4-2-6-20(14-18)17-27-21-7-3-5-19(15-21)16-22(26)24-10-13-25-11-8-23-9-12-25/h2-7,14-15,23H,8-13,16-17H2,1H3,(H,24,26). The van der Waals surface area contributed by atoms with Crippen LogP contribution in [0.3, 0.4) is 0 Å². The Balaban J connectivity index is 1.43. The lowest BCUT2D eigenvalue weighted by atomic mass is 10.1. The molecule has 27 heavy (non-hydrogen) atoms. The van der Waals surface area contributed by atoms with Crippen molar-refractivity contribution in [2.24, 2.45) is 0 Å². The van der Waals surface area contributed by atoms with Crippen LogP contribution in [-0.2, 0) is 17.8 Å². The summed E-state index contributed by atoms with van der Waals surface area (Å²) >= 11 is 0. The third-order valence-electron chi connectivity index (χ3n) is 4.71. The zero-order chi connectivity index (χ0) is 18.9. The fourth-order valence-corrected chi connectivity index (χ4v) is 3.25. The number of benzene rings is 2. The van der Waals surface area contributed by atoms with Gasteiger partial charge in [0.05, 0.1) is 6.42 Å². The Kier molecular flexibility index (Phi) is 7.25. The molecule has 0 aliphatic carbocycles. The maximum atomic E-state index is 12.2. The number of carbonyl (C=O) groups is 1. The number of rotatable bonds is 8. The molecular formula is C22H29N3O2. The fourth-order valence-electron chi connectivity index (χ4n) is 3.25. The van der Waals surface area contributed by atoms with Crippen molar-refractivity contribution in [1.29, 1.82) is 0 Å². The summed E-state index contributed by atoms with van der Waals surface area (Å²) in [4.78, 5) is 14.6. The molecule has 1 amide bonds. The van der Waals surface area contributed by atoms with Crippen molar-refractivity contribution >= 4 is 5.91 Å². The maximum absolute atomic E-state index is 12.2. The van der Waals surface area contributed by atoms with Gasteiger partial charge in [-0.05, 0) is 30.2 Å². The molecule has 2 aromatic rings. The van der Waals surface area contributed by atoms with Gasteiger partial charge < -0.3 is 15.4 Å². The summed E-state index contributed by atoms with van der Waals surface area (Å²) in [6.07, 6.45) is 0.378. The van der Waals surface area contributed by atoms with Crippen LogP contribution in [0.4, 0.5) is 0 Å². The molecular weight excluding hydrogens is 338 g/mol. The van der Waals surface area contributed by atoms with Crippen LogP contribution in [0, 0.1) is 6.92 Å². The second-order valence-corrected chi connectivity index (χ2v) is 7.04. The van der Waals surface area contributed by atoms with Gasteiger partial charge in [0.1, 0.15) is 12.4 Å². The molecule has 0 aromatic heterocycles. The number of ether oxygens (including phenoxy) is 1. The number of aryl methyl sites for hydroxylation is 1. The van der Waals surface area contributed by atoms with E-state index in [1.54, 1.807) is 0 Å². The SMILES string of the molecule is Cc1cccc(COc2cccc(CC(=O)NCCN3CCNCC3)c2)c1. The molecule has 0 radical (unpaired) electrons. The minimum atomic E-state index is 0.0565. The van der Waals surface area contributed by atoms with Crippen LogP contribution in [0.5, 0.6) is 5.75 Å². The Morgan fingerprint density at radius 3 is 2.70 bits per heavy atom. The summed E-state index contributed by atoms with van der Waals surface area (Å²) in [6.45, 7) is 8.38. The maximum Gasteiger partial charge on any atom is 0.224 e. The van der Waals surface area contributed by atoms with E-state index in [9.17, 15) is 4.79 Å². The first kappa shape index (κ1) is 19.4. The van der Waals surface area contributed by atoms with E-state index in [1.165, 1.54) is 5.56 Å². The van der Waals surface area contributed by atoms with E-state index in [-0.39, 0.29) is 5.91 Å².